The van der Waals surface area contributed by atoms with Gasteiger partial charge in [-0.25, -0.2) is 16.8 Å². The number of carbonyl (C=O) groups excluding carboxylic acids is 1. The van der Waals surface area contributed by atoms with E-state index in [1.54, 1.807) is 23.1 Å². The highest BCUT2D eigenvalue weighted by Crippen LogP contribution is 2.38. The maximum Gasteiger partial charge on any atom is 0.264 e. The number of nitrogens with zero attached hydrogens (tertiary/aromatic N) is 1. The molecule has 2 aromatic rings. The Morgan fingerprint density at radius 2 is 1.70 bits per heavy atom. The van der Waals surface area contributed by atoms with Crippen LogP contribution < -0.4 is 4.74 Å². The molecule has 0 fully saturated rings. The summed E-state index contributed by atoms with van der Waals surface area (Å²) in [7, 11) is 4.42. The second-order valence-electron chi connectivity index (χ2n) is 6.91. The van der Waals surface area contributed by atoms with E-state index in [1.165, 1.54) is 32.2 Å². The third-order valence-corrected chi connectivity index (χ3v) is 7.84. The molecule has 0 spiro atoms. The van der Waals surface area contributed by atoms with E-state index in [9.17, 15) is 21.6 Å². The largest absolute Gasteiger partial charge is 0.495 e. The Balaban J connectivity index is 2.19. The lowest BCUT2D eigenvalue weighted by Gasteiger charge is -2.25. The van der Waals surface area contributed by atoms with Gasteiger partial charge in [0.05, 0.1) is 12.0 Å². The van der Waals surface area contributed by atoms with Crippen LogP contribution in [-0.2, 0) is 29.3 Å². The molecule has 0 radical (unpaired) electrons. The summed E-state index contributed by atoms with van der Waals surface area (Å²) in [5.41, 5.74) is 2.25. The first-order valence-corrected chi connectivity index (χ1v) is 13.5. The average Bonchev–Trinajstić information content (AvgIpc) is 2.85. The first-order chi connectivity index (χ1) is 13.9. The summed E-state index contributed by atoms with van der Waals surface area (Å²) in [6.45, 7) is 2.21. The monoisotopic (exact) mass is 491 g/mol. The summed E-state index contributed by atoms with van der Waals surface area (Å²) in [5, 5.41) is 0. The Morgan fingerprint density at radius 1 is 1.07 bits per heavy atom. The molecule has 3 rings (SSSR count). The van der Waals surface area contributed by atoms with Crippen LogP contribution in [0.4, 0.5) is 0 Å². The third kappa shape index (κ3) is 4.74. The van der Waals surface area contributed by atoms with Gasteiger partial charge in [0.25, 0.3) is 18.1 Å². The quantitative estimate of drug-likeness (QED) is 0.609. The minimum Gasteiger partial charge on any atom is -0.495 e. The zero-order chi connectivity index (χ0) is 22.3. The van der Waals surface area contributed by atoms with Gasteiger partial charge in [0.15, 0.2) is 0 Å². The van der Waals surface area contributed by atoms with E-state index in [2.05, 4.69) is 0 Å². The normalized spacial score (nSPS) is 17.2. The molecule has 1 atom stereocenters. The van der Waals surface area contributed by atoms with Gasteiger partial charge in [-0.05, 0) is 47.4 Å². The molecule has 1 unspecified atom stereocenters. The second-order valence-corrected chi connectivity index (χ2v) is 12.0. The summed E-state index contributed by atoms with van der Waals surface area (Å²) in [6.07, 6.45) is 0.433. The number of benzene rings is 2. The molecule has 7 nitrogen and oxygen atoms in total. The molecule has 2 aromatic carbocycles. The van der Waals surface area contributed by atoms with Crippen molar-refractivity contribution in [2.45, 2.75) is 29.1 Å². The Labute approximate surface area is 184 Å². The number of rotatable bonds is 4. The van der Waals surface area contributed by atoms with Crippen LogP contribution >= 0.6 is 21.4 Å². The predicted octanol–water partition coefficient (Wildman–Crippen LogP) is 3.09. The third-order valence-electron chi connectivity index (χ3n) is 5.13. The van der Waals surface area contributed by atoms with E-state index in [4.69, 9.17) is 26.1 Å². The standard InChI is InChI=1S/C19H19Cl2NO6S2/c1-12(23)22-8-7-14-9-19(30(21,26)27)18(28-2)10-16(14)17(11-22)13-3-5-15(6-4-13)29(20,24)25/h3-6,9-10,17H,7-8,11H2,1-2H3. The minimum atomic E-state index is -4.04. The van der Waals surface area contributed by atoms with Crippen LogP contribution in [0, 0.1) is 0 Å². The van der Waals surface area contributed by atoms with Gasteiger partial charge < -0.3 is 9.64 Å². The lowest BCUT2D eigenvalue weighted by molar-refractivity contribution is -0.128. The molecule has 0 saturated heterocycles. The molecule has 1 heterocycles. The van der Waals surface area contributed by atoms with E-state index in [0.29, 0.717) is 19.5 Å². The van der Waals surface area contributed by atoms with Gasteiger partial charge in [-0.15, -0.1) is 0 Å². The fourth-order valence-electron chi connectivity index (χ4n) is 3.61. The Bertz CT molecular complexity index is 1190. The number of methoxy groups -OCH3 is 1. The zero-order valence-electron chi connectivity index (χ0n) is 16.1. The lowest BCUT2D eigenvalue weighted by Crippen LogP contribution is -2.33. The second kappa shape index (κ2) is 8.37. The van der Waals surface area contributed by atoms with Crippen molar-refractivity contribution in [3.05, 3.63) is 53.1 Å². The molecule has 30 heavy (non-hydrogen) atoms. The highest BCUT2D eigenvalue weighted by Gasteiger charge is 2.29. The highest BCUT2D eigenvalue weighted by atomic mass is 35.7. The SMILES string of the molecule is COc1cc2c(cc1S(=O)(=O)Cl)CCN(C(C)=O)CC2c1ccc(S(=O)(=O)Cl)cc1. The predicted molar refractivity (Wildman–Crippen MR) is 113 cm³/mol. The molecule has 0 bridgehead atoms. The molecule has 162 valence electrons. The summed E-state index contributed by atoms with van der Waals surface area (Å²) in [4.78, 5) is 13.6. The van der Waals surface area contributed by atoms with Crippen molar-refractivity contribution in [2.75, 3.05) is 20.2 Å². The summed E-state index contributed by atoms with van der Waals surface area (Å²) < 4.78 is 52.4. The van der Waals surface area contributed by atoms with Gasteiger partial charge >= 0.3 is 0 Å². The molecular formula is C19H19Cl2NO6S2. The topological polar surface area (TPSA) is 97.8 Å². The highest BCUT2D eigenvalue weighted by molar-refractivity contribution is 8.14. The lowest BCUT2D eigenvalue weighted by atomic mass is 9.88. The number of carbonyl (C=O) groups is 1. The van der Waals surface area contributed by atoms with Crippen molar-refractivity contribution in [1.29, 1.82) is 0 Å². The van der Waals surface area contributed by atoms with E-state index in [0.717, 1.165) is 16.7 Å². The molecule has 0 saturated carbocycles. The zero-order valence-corrected chi connectivity index (χ0v) is 19.3. The Morgan fingerprint density at radius 3 is 2.20 bits per heavy atom. The fourth-order valence-corrected chi connectivity index (χ4v) is 5.40. The van der Waals surface area contributed by atoms with Crippen molar-refractivity contribution in [2.24, 2.45) is 0 Å². The van der Waals surface area contributed by atoms with Crippen molar-refractivity contribution in [3.8, 4) is 5.75 Å². The molecule has 1 aliphatic heterocycles. The van der Waals surface area contributed by atoms with Crippen LogP contribution in [0.5, 0.6) is 5.75 Å². The first kappa shape index (κ1) is 22.9. The maximum atomic E-state index is 12.1. The summed E-state index contributed by atoms with van der Waals surface area (Å²) >= 11 is 0. The van der Waals surface area contributed by atoms with E-state index >= 15 is 0 Å². The van der Waals surface area contributed by atoms with Crippen LogP contribution in [0.25, 0.3) is 0 Å². The van der Waals surface area contributed by atoms with Crippen LogP contribution in [0.3, 0.4) is 0 Å². The molecule has 1 amide bonds. The minimum absolute atomic E-state index is 0.0358. The first-order valence-electron chi connectivity index (χ1n) is 8.87. The Kier molecular flexibility index (Phi) is 6.38. The van der Waals surface area contributed by atoms with Gasteiger partial charge in [-0.1, -0.05) is 12.1 Å². The van der Waals surface area contributed by atoms with E-state index in [-0.39, 0.29) is 27.4 Å². The van der Waals surface area contributed by atoms with E-state index in [1.807, 2.05) is 0 Å². The molecule has 1 aliphatic rings. The van der Waals surface area contributed by atoms with Gasteiger partial charge in [-0.2, -0.15) is 0 Å². The van der Waals surface area contributed by atoms with Crippen molar-refractivity contribution in [3.63, 3.8) is 0 Å². The van der Waals surface area contributed by atoms with Crippen molar-refractivity contribution >= 4 is 45.4 Å². The number of fused-ring (bicyclic) bond motifs is 1. The maximum absolute atomic E-state index is 12.1. The van der Waals surface area contributed by atoms with Crippen molar-refractivity contribution < 1.29 is 26.4 Å². The number of amides is 1. The number of ether oxygens (including phenoxy) is 1. The number of hydrogen-bond acceptors (Lipinski definition) is 6. The number of hydrogen-bond donors (Lipinski definition) is 0. The smallest absolute Gasteiger partial charge is 0.264 e. The van der Waals surface area contributed by atoms with Crippen LogP contribution in [0.15, 0.2) is 46.2 Å². The van der Waals surface area contributed by atoms with Crippen LogP contribution in [-0.4, -0.2) is 47.8 Å². The van der Waals surface area contributed by atoms with Gasteiger partial charge in [-0.3, -0.25) is 4.79 Å². The molecule has 11 heteroatoms. The Hall–Kier alpha value is -1.81. The van der Waals surface area contributed by atoms with E-state index < -0.39 is 18.1 Å². The fraction of sp³-hybridized carbons (Fsp3) is 0.316. The molecule has 0 aliphatic carbocycles. The van der Waals surface area contributed by atoms with Crippen LogP contribution in [0.2, 0.25) is 0 Å². The average molecular weight is 492 g/mol. The molecule has 0 aromatic heterocycles. The van der Waals surface area contributed by atoms with Gasteiger partial charge in [0, 0.05) is 47.3 Å². The van der Waals surface area contributed by atoms with Gasteiger partial charge in [0.2, 0.25) is 5.91 Å². The molecular weight excluding hydrogens is 473 g/mol. The van der Waals surface area contributed by atoms with Gasteiger partial charge in [0.1, 0.15) is 10.6 Å². The summed E-state index contributed by atoms with van der Waals surface area (Å²) in [5.74, 6) is -0.352. The summed E-state index contributed by atoms with van der Waals surface area (Å²) in [6, 6.07) is 9.15. The number of halogens is 2. The molecule has 0 N–H and O–H groups in total. The van der Waals surface area contributed by atoms with Crippen molar-refractivity contribution in [1.82, 2.24) is 4.90 Å². The van der Waals surface area contributed by atoms with Crippen LogP contribution in [0.1, 0.15) is 29.5 Å².